The van der Waals surface area contributed by atoms with E-state index in [1.54, 1.807) is 16.7 Å². The number of amides is 1. The number of rotatable bonds is 9. The van der Waals surface area contributed by atoms with Gasteiger partial charge in [0.05, 0.1) is 11.3 Å². The third-order valence-electron chi connectivity index (χ3n) is 4.47. The van der Waals surface area contributed by atoms with Crippen LogP contribution in [0.3, 0.4) is 0 Å². The van der Waals surface area contributed by atoms with E-state index >= 15 is 0 Å². The Morgan fingerprint density at radius 3 is 2.50 bits per heavy atom. The second-order valence-electron chi connectivity index (χ2n) is 6.87. The number of hydrogen-bond donors (Lipinski definition) is 0. The lowest BCUT2D eigenvalue weighted by atomic mass is 10.2. The molecule has 1 amide bonds. The van der Waals surface area contributed by atoms with Gasteiger partial charge in [0.15, 0.2) is 5.13 Å². The number of carbonyl (C=O) groups excluding carboxylic acids is 1. The largest absolute Gasteiger partial charge is 0.492 e. The Labute approximate surface area is 192 Å². The summed E-state index contributed by atoms with van der Waals surface area (Å²) in [5, 5.41) is 0.713. The van der Waals surface area contributed by atoms with E-state index in [9.17, 15) is 4.79 Å². The third-order valence-corrected chi connectivity index (χ3v) is 6.26. The number of thiazole rings is 1. The Morgan fingerprint density at radius 2 is 1.87 bits per heavy atom. The van der Waals surface area contributed by atoms with Crippen molar-refractivity contribution in [3.05, 3.63) is 48.0 Å². The molecule has 2 aromatic carbocycles. The molecule has 0 aliphatic rings. The lowest BCUT2D eigenvalue weighted by molar-refractivity contribution is 0.0986. The van der Waals surface area contributed by atoms with Crippen LogP contribution in [0.1, 0.15) is 23.7 Å². The number of nitrogens with zero attached hydrogens (tertiary/aromatic N) is 3. The van der Waals surface area contributed by atoms with E-state index in [-0.39, 0.29) is 18.3 Å². The number of thioether (sulfide) groups is 1. The van der Waals surface area contributed by atoms with Gasteiger partial charge < -0.3 is 9.64 Å². The van der Waals surface area contributed by atoms with Crippen molar-refractivity contribution >= 4 is 56.8 Å². The van der Waals surface area contributed by atoms with Crippen LogP contribution in [0.25, 0.3) is 10.2 Å². The molecule has 0 saturated carbocycles. The van der Waals surface area contributed by atoms with E-state index in [1.807, 2.05) is 69.7 Å². The highest BCUT2D eigenvalue weighted by atomic mass is 35.5. The van der Waals surface area contributed by atoms with Crippen molar-refractivity contribution in [2.75, 3.05) is 44.9 Å². The first-order valence-electron chi connectivity index (χ1n) is 9.66. The van der Waals surface area contributed by atoms with Crippen molar-refractivity contribution in [1.82, 2.24) is 9.88 Å². The molecule has 0 fully saturated rings. The number of halogens is 1. The number of fused-ring (bicyclic) bond motifs is 1. The highest BCUT2D eigenvalue weighted by molar-refractivity contribution is 7.98. The number of carbonyl (C=O) groups is 1. The van der Waals surface area contributed by atoms with Crippen LogP contribution >= 0.6 is 35.5 Å². The van der Waals surface area contributed by atoms with Crippen molar-refractivity contribution in [2.24, 2.45) is 0 Å². The average Bonchev–Trinajstić information content (AvgIpc) is 3.16. The summed E-state index contributed by atoms with van der Waals surface area (Å²) in [5.41, 5.74) is 1.49. The summed E-state index contributed by atoms with van der Waals surface area (Å²) >= 11 is 3.20. The van der Waals surface area contributed by atoms with Gasteiger partial charge in [-0.15, -0.1) is 24.2 Å². The molecule has 0 radical (unpaired) electrons. The lowest BCUT2D eigenvalue weighted by Crippen LogP contribution is -2.33. The summed E-state index contributed by atoms with van der Waals surface area (Å²) in [6.45, 7) is 4.07. The van der Waals surface area contributed by atoms with Gasteiger partial charge in [-0.2, -0.15) is 0 Å². The molecule has 162 valence electrons. The van der Waals surface area contributed by atoms with Crippen LogP contribution in [-0.2, 0) is 0 Å². The summed E-state index contributed by atoms with van der Waals surface area (Å²) in [7, 11) is 4.08. The molecular formula is C22H28ClN3O2S2. The molecule has 8 heteroatoms. The van der Waals surface area contributed by atoms with Crippen LogP contribution in [0.2, 0.25) is 0 Å². The van der Waals surface area contributed by atoms with Gasteiger partial charge in [0.2, 0.25) is 0 Å². The van der Waals surface area contributed by atoms with E-state index in [0.717, 1.165) is 33.8 Å². The summed E-state index contributed by atoms with van der Waals surface area (Å²) in [6.07, 6.45) is 2.90. The summed E-state index contributed by atoms with van der Waals surface area (Å²) in [5.74, 6) is 0.742. The van der Waals surface area contributed by atoms with Crippen molar-refractivity contribution in [2.45, 2.75) is 18.2 Å². The zero-order valence-corrected chi connectivity index (χ0v) is 20.2. The normalized spacial score (nSPS) is 10.8. The Bertz CT molecular complexity index is 961. The molecule has 1 heterocycles. The standard InChI is InChI=1S/C22H27N3O2S2.ClH/c1-5-27-18-8-6-9-19-20(18)23-22(29-19)25(15-7-14-24(2)3)21(26)16-10-12-17(28-4)13-11-16;/h6,8-13H,5,7,14-15H2,1-4H3;1H. The molecule has 0 aliphatic heterocycles. The minimum Gasteiger partial charge on any atom is -0.492 e. The molecule has 1 aromatic heterocycles. The molecular weight excluding hydrogens is 438 g/mol. The van der Waals surface area contributed by atoms with Gasteiger partial charge in [-0.05, 0) is 76.6 Å². The summed E-state index contributed by atoms with van der Waals surface area (Å²) < 4.78 is 6.75. The lowest BCUT2D eigenvalue weighted by Gasteiger charge is -2.21. The zero-order chi connectivity index (χ0) is 20.8. The second kappa shape index (κ2) is 11.6. The van der Waals surface area contributed by atoms with Gasteiger partial charge >= 0.3 is 0 Å². The smallest absolute Gasteiger partial charge is 0.260 e. The predicted octanol–water partition coefficient (Wildman–Crippen LogP) is 5.44. The van der Waals surface area contributed by atoms with Crippen molar-refractivity contribution in [3.8, 4) is 5.75 Å². The molecule has 5 nitrogen and oxygen atoms in total. The fourth-order valence-corrected chi connectivity index (χ4v) is 4.43. The van der Waals surface area contributed by atoms with Gasteiger partial charge in [-0.3, -0.25) is 9.69 Å². The Morgan fingerprint density at radius 1 is 1.13 bits per heavy atom. The van der Waals surface area contributed by atoms with Crippen molar-refractivity contribution in [3.63, 3.8) is 0 Å². The molecule has 0 bridgehead atoms. The predicted molar refractivity (Wildman–Crippen MR) is 131 cm³/mol. The van der Waals surface area contributed by atoms with Gasteiger partial charge in [0.25, 0.3) is 5.91 Å². The van der Waals surface area contributed by atoms with Crippen molar-refractivity contribution < 1.29 is 9.53 Å². The summed E-state index contributed by atoms with van der Waals surface area (Å²) in [6, 6.07) is 13.7. The maximum Gasteiger partial charge on any atom is 0.260 e. The first-order chi connectivity index (χ1) is 14.0. The molecule has 0 aliphatic carbocycles. The van der Waals surface area contributed by atoms with Gasteiger partial charge in [-0.25, -0.2) is 4.98 Å². The maximum atomic E-state index is 13.3. The molecule has 0 unspecified atom stereocenters. The molecule has 3 aromatic rings. The minimum absolute atomic E-state index is 0. The molecule has 0 spiro atoms. The van der Waals surface area contributed by atoms with Gasteiger partial charge in [0.1, 0.15) is 11.3 Å². The van der Waals surface area contributed by atoms with Crippen LogP contribution in [0.4, 0.5) is 5.13 Å². The number of anilines is 1. The van der Waals surface area contributed by atoms with Gasteiger partial charge in [0, 0.05) is 17.0 Å². The van der Waals surface area contributed by atoms with E-state index in [1.165, 1.54) is 11.3 Å². The van der Waals surface area contributed by atoms with E-state index < -0.39 is 0 Å². The van der Waals surface area contributed by atoms with Crippen LogP contribution in [-0.4, -0.2) is 55.8 Å². The minimum atomic E-state index is -0.0200. The average molecular weight is 466 g/mol. The molecule has 0 saturated heterocycles. The third kappa shape index (κ3) is 5.88. The van der Waals surface area contributed by atoms with Gasteiger partial charge in [-0.1, -0.05) is 17.4 Å². The number of hydrogen-bond acceptors (Lipinski definition) is 6. The SMILES string of the molecule is CCOc1cccc2sc(N(CCCN(C)C)C(=O)c3ccc(SC)cc3)nc12.Cl. The van der Waals surface area contributed by atoms with Crippen molar-refractivity contribution in [1.29, 1.82) is 0 Å². The van der Waals surface area contributed by atoms with Crippen LogP contribution in [0, 0.1) is 0 Å². The Kier molecular flexibility index (Phi) is 9.42. The highest BCUT2D eigenvalue weighted by Crippen LogP contribution is 2.35. The number of aromatic nitrogens is 1. The fraction of sp³-hybridized carbons (Fsp3) is 0.364. The number of benzene rings is 2. The number of para-hydroxylation sites is 1. The summed E-state index contributed by atoms with van der Waals surface area (Å²) in [4.78, 5) is 23.2. The Balaban J connectivity index is 0.00000320. The van der Waals surface area contributed by atoms with Crippen LogP contribution < -0.4 is 9.64 Å². The quantitative estimate of drug-likeness (QED) is 0.394. The number of ether oxygens (including phenoxy) is 1. The van der Waals surface area contributed by atoms with E-state index in [4.69, 9.17) is 9.72 Å². The Hall–Kier alpha value is -1.80. The van der Waals surface area contributed by atoms with Crippen LogP contribution in [0.15, 0.2) is 47.4 Å². The fourth-order valence-electron chi connectivity index (χ4n) is 3.02. The van der Waals surface area contributed by atoms with E-state index in [0.29, 0.717) is 23.8 Å². The molecule has 3 rings (SSSR count). The second-order valence-corrected chi connectivity index (χ2v) is 8.76. The van der Waals surface area contributed by atoms with Crippen LogP contribution in [0.5, 0.6) is 5.75 Å². The highest BCUT2D eigenvalue weighted by Gasteiger charge is 2.22. The molecule has 0 N–H and O–H groups in total. The molecule has 30 heavy (non-hydrogen) atoms. The first kappa shape index (κ1) is 24.5. The topological polar surface area (TPSA) is 45.7 Å². The van der Waals surface area contributed by atoms with E-state index in [2.05, 4.69) is 4.90 Å². The molecule has 0 atom stereocenters. The maximum absolute atomic E-state index is 13.3. The zero-order valence-electron chi connectivity index (χ0n) is 17.8. The monoisotopic (exact) mass is 465 g/mol. The first-order valence-corrected chi connectivity index (χ1v) is 11.7.